The average molecular weight is 347 g/mol. The van der Waals surface area contributed by atoms with Crippen LogP contribution in [0.1, 0.15) is 28.4 Å². The van der Waals surface area contributed by atoms with Crippen molar-refractivity contribution >= 4 is 11.9 Å². The molecule has 11 heteroatoms. The Labute approximate surface area is 144 Å². The summed E-state index contributed by atoms with van der Waals surface area (Å²) in [4.78, 5) is 31.5. The van der Waals surface area contributed by atoms with Gasteiger partial charge in [0.2, 0.25) is 5.82 Å². The first kappa shape index (κ1) is 16.9. The lowest BCUT2D eigenvalue weighted by atomic mass is 10.3. The fraction of sp³-hybridized carbons (Fsp3) is 0.571. The van der Waals surface area contributed by atoms with Gasteiger partial charge >= 0.3 is 6.03 Å². The lowest BCUT2D eigenvalue weighted by molar-refractivity contribution is 0.0732. The standard InChI is InChI=1S/C14H21N9O2/c1-20(2)14(25)15-7-10-11-8-22(5-4-6-23(11)19-17-10)13(24)12-16-9-21(3)18-12/h9H,4-8H2,1-3H3,(H,15,25). The molecule has 0 radical (unpaired) electrons. The van der Waals surface area contributed by atoms with E-state index in [0.29, 0.717) is 25.3 Å². The maximum absolute atomic E-state index is 12.6. The van der Waals surface area contributed by atoms with Crippen LogP contribution in [0.3, 0.4) is 0 Å². The molecule has 1 aliphatic rings. The number of rotatable bonds is 3. The lowest BCUT2D eigenvalue weighted by Crippen LogP contribution is -2.35. The number of urea groups is 1. The predicted octanol–water partition coefficient (Wildman–Crippen LogP) is -0.776. The summed E-state index contributed by atoms with van der Waals surface area (Å²) in [6.45, 7) is 1.88. The van der Waals surface area contributed by atoms with Gasteiger partial charge in [0.15, 0.2) is 0 Å². The minimum Gasteiger partial charge on any atom is -0.332 e. The molecule has 0 atom stereocenters. The van der Waals surface area contributed by atoms with Crippen LogP contribution in [0.15, 0.2) is 6.33 Å². The Bertz CT molecular complexity index is 779. The van der Waals surface area contributed by atoms with Gasteiger partial charge in [-0.25, -0.2) is 14.5 Å². The van der Waals surface area contributed by atoms with Crippen molar-refractivity contribution in [2.45, 2.75) is 26.1 Å². The van der Waals surface area contributed by atoms with Gasteiger partial charge in [-0.3, -0.25) is 9.48 Å². The van der Waals surface area contributed by atoms with E-state index in [4.69, 9.17) is 0 Å². The van der Waals surface area contributed by atoms with Crippen LogP contribution < -0.4 is 5.32 Å². The highest BCUT2D eigenvalue weighted by Gasteiger charge is 2.26. The zero-order valence-electron chi connectivity index (χ0n) is 14.5. The number of carbonyl (C=O) groups excluding carboxylic acids is 2. The Morgan fingerprint density at radius 3 is 2.80 bits per heavy atom. The zero-order valence-corrected chi connectivity index (χ0v) is 14.5. The van der Waals surface area contributed by atoms with Crippen molar-refractivity contribution in [3.8, 4) is 0 Å². The summed E-state index contributed by atoms with van der Waals surface area (Å²) in [5.74, 6) is -0.0515. The van der Waals surface area contributed by atoms with Gasteiger partial charge in [0.1, 0.15) is 12.0 Å². The summed E-state index contributed by atoms with van der Waals surface area (Å²) in [7, 11) is 5.06. The number of fused-ring (bicyclic) bond motifs is 1. The molecule has 0 unspecified atom stereocenters. The Kier molecular flexibility index (Phi) is 4.63. The quantitative estimate of drug-likeness (QED) is 0.779. The van der Waals surface area contributed by atoms with Crippen molar-refractivity contribution in [2.24, 2.45) is 7.05 Å². The topological polar surface area (TPSA) is 114 Å². The molecule has 0 fully saturated rings. The molecule has 2 aromatic heterocycles. The number of nitrogens with one attached hydrogen (secondary N) is 1. The largest absolute Gasteiger partial charge is 0.332 e. The zero-order chi connectivity index (χ0) is 18.0. The van der Waals surface area contributed by atoms with Crippen LogP contribution in [0, 0.1) is 0 Å². The van der Waals surface area contributed by atoms with Gasteiger partial charge in [-0.15, -0.1) is 10.2 Å². The van der Waals surface area contributed by atoms with Crippen molar-refractivity contribution in [1.82, 2.24) is 44.9 Å². The smallest absolute Gasteiger partial charge is 0.317 e. The lowest BCUT2D eigenvalue weighted by Gasteiger charge is -2.18. The van der Waals surface area contributed by atoms with E-state index in [1.807, 2.05) is 0 Å². The van der Waals surface area contributed by atoms with Crippen molar-refractivity contribution in [1.29, 1.82) is 0 Å². The van der Waals surface area contributed by atoms with Gasteiger partial charge in [0, 0.05) is 34.2 Å². The van der Waals surface area contributed by atoms with Crippen molar-refractivity contribution in [2.75, 3.05) is 20.6 Å². The molecule has 0 saturated carbocycles. The van der Waals surface area contributed by atoms with Crippen LogP contribution in [-0.4, -0.2) is 72.1 Å². The van der Waals surface area contributed by atoms with Crippen LogP contribution >= 0.6 is 0 Å². The summed E-state index contributed by atoms with van der Waals surface area (Å²) in [5.41, 5.74) is 1.48. The molecule has 11 nitrogen and oxygen atoms in total. The maximum Gasteiger partial charge on any atom is 0.317 e. The maximum atomic E-state index is 12.6. The van der Waals surface area contributed by atoms with Crippen molar-refractivity contribution < 1.29 is 9.59 Å². The normalized spacial score (nSPS) is 14.0. The SMILES string of the molecule is CN(C)C(=O)NCc1nnn2c1CN(C(=O)c1ncn(C)n1)CCC2. The fourth-order valence-corrected chi connectivity index (χ4v) is 2.60. The summed E-state index contributed by atoms with van der Waals surface area (Å²) >= 11 is 0. The molecule has 3 heterocycles. The van der Waals surface area contributed by atoms with Gasteiger partial charge in [-0.05, 0) is 6.42 Å². The van der Waals surface area contributed by atoms with Crippen molar-refractivity contribution in [3.05, 3.63) is 23.5 Å². The van der Waals surface area contributed by atoms with E-state index in [2.05, 4.69) is 25.7 Å². The third-order valence-electron chi connectivity index (χ3n) is 3.95. The van der Waals surface area contributed by atoms with Gasteiger partial charge in [0.05, 0.1) is 18.8 Å². The average Bonchev–Trinajstić information content (AvgIpc) is 3.11. The van der Waals surface area contributed by atoms with Crippen LogP contribution in [0.2, 0.25) is 0 Å². The molecule has 3 amide bonds. The highest BCUT2D eigenvalue weighted by atomic mass is 16.2. The number of carbonyl (C=O) groups is 2. The summed E-state index contributed by atoms with van der Waals surface area (Å²) in [5, 5.41) is 15.1. The second kappa shape index (κ2) is 6.87. The molecule has 0 aromatic carbocycles. The van der Waals surface area contributed by atoms with Crippen LogP contribution in [0.5, 0.6) is 0 Å². The first-order chi connectivity index (χ1) is 12.0. The first-order valence-electron chi connectivity index (χ1n) is 7.97. The molecule has 3 rings (SSSR count). The van der Waals surface area contributed by atoms with Crippen LogP contribution in [0.25, 0.3) is 0 Å². The van der Waals surface area contributed by atoms with Gasteiger partial charge in [-0.2, -0.15) is 0 Å². The Morgan fingerprint density at radius 2 is 2.12 bits per heavy atom. The van der Waals surface area contributed by atoms with E-state index in [9.17, 15) is 9.59 Å². The highest BCUT2D eigenvalue weighted by molar-refractivity contribution is 5.90. The highest BCUT2D eigenvalue weighted by Crippen LogP contribution is 2.16. The Morgan fingerprint density at radius 1 is 1.32 bits per heavy atom. The predicted molar refractivity (Wildman–Crippen MR) is 86.3 cm³/mol. The third-order valence-corrected chi connectivity index (χ3v) is 3.95. The monoisotopic (exact) mass is 347 g/mol. The van der Waals surface area contributed by atoms with E-state index in [0.717, 1.165) is 12.1 Å². The van der Waals surface area contributed by atoms with Crippen LogP contribution in [-0.2, 0) is 26.7 Å². The molecule has 1 aliphatic heterocycles. The first-order valence-corrected chi connectivity index (χ1v) is 7.97. The minimum absolute atomic E-state index is 0.172. The van der Waals surface area contributed by atoms with E-state index < -0.39 is 0 Å². The van der Waals surface area contributed by atoms with E-state index in [1.54, 1.807) is 30.7 Å². The number of nitrogens with zero attached hydrogens (tertiary/aromatic N) is 8. The number of hydrogen-bond acceptors (Lipinski definition) is 6. The van der Waals surface area contributed by atoms with Gasteiger partial charge in [0.25, 0.3) is 5.91 Å². The van der Waals surface area contributed by atoms with Gasteiger partial charge in [-0.1, -0.05) is 5.21 Å². The number of aryl methyl sites for hydroxylation is 2. The molecule has 0 spiro atoms. The molecule has 25 heavy (non-hydrogen) atoms. The fourth-order valence-electron chi connectivity index (χ4n) is 2.60. The van der Waals surface area contributed by atoms with E-state index in [1.165, 1.54) is 15.9 Å². The summed E-state index contributed by atoms with van der Waals surface area (Å²) in [6.07, 6.45) is 2.26. The second-order valence-corrected chi connectivity index (χ2v) is 6.08. The molecule has 0 aliphatic carbocycles. The number of aromatic nitrogens is 6. The molecular formula is C14H21N9O2. The molecule has 1 N–H and O–H groups in total. The van der Waals surface area contributed by atoms with Crippen LogP contribution in [0.4, 0.5) is 4.79 Å². The molecular weight excluding hydrogens is 326 g/mol. The van der Waals surface area contributed by atoms with Gasteiger partial charge < -0.3 is 15.1 Å². The van der Waals surface area contributed by atoms with E-state index in [-0.39, 0.29) is 24.3 Å². The second-order valence-electron chi connectivity index (χ2n) is 6.08. The number of hydrogen-bond donors (Lipinski definition) is 1. The Hall–Kier alpha value is -2.98. The molecule has 0 bridgehead atoms. The number of amides is 3. The van der Waals surface area contributed by atoms with Crippen molar-refractivity contribution in [3.63, 3.8) is 0 Å². The molecule has 0 saturated heterocycles. The third kappa shape index (κ3) is 3.59. The van der Waals surface area contributed by atoms with E-state index >= 15 is 0 Å². The molecule has 2 aromatic rings. The summed E-state index contributed by atoms with van der Waals surface area (Å²) < 4.78 is 3.29. The summed E-state index contributed by atoms with van der Waals surface area (Å²) in [6, 6.07) is -0.207. The molecule has 134 valence electrons. The minimum atomic E-state index is -0.224. The Balaban J connectivity index is 1.76.